The second kappa shape index (κ2) is 8.36. The molecular weight excluding hydrogens is 273 g/mol. The van der Waals surface area contributed by atoms with E-state index in [4.69, 9.17) is 7.85 Å². The van der Waals surface area contributed by atoms with Gasteiger partial charge in [0.2, 0.25) is 0 Å². The van der Waals surface area contributed by atoms with Crippen LogP contribution in [0.5, 0.6) is 0 Å². The Hall–Kier alpha value is -0.305. The normalized spacial score (nSPS) is 28.4. The van der Waals surface area contributed by atoms with Crippen molar-refractivity contribution in [1.82, 2.24) is 4.98 Å². The van der Waals surface area contributed by atoms with Crippen LogP contribution in [0.2, 0.25) is 6.32 Å². The highest BCUT2D eigenvalue weighted by Crippen LogP contribution is 2.38. The van der Waals surface area contributed by atoms with E-state index in [0.29, 0.717) is 5.41 Å². The van der Waals surface area contributed by atoms with Gasteiger partial charge in [0.25, 0.3) is 0 Å². The maximum atomic E-state index is 5.86. The molecule has 1 fully saturated rings. The number of aryl methyl sites for hydroxylation is 1. The third kappa shape index (κ3) is 5.77. The minimum atomic E-state index is 0.480. The summed E-state index contributed by atoms with van der Waals surface area (Å²) < 4.78 is 0. The molecule has 1 saturated carbocycles. The van der Waals surface area contributed by atoms with Crippen LogP contribution in [0.1, 0.15) is 74.6 Å². The van der Waals surface area contributed by atoms with Gasteiger partial charge in [0.15, 0.2) is 0 Å². The predicted octanol–water partition coefficient (Wildman–Crippen LogP) is 5.73. The molecule has 2 atom stereocenters. The van der Waals surface area contributed by atoms with Crippen molar-refractivity contribution in [2.24, 2.45) is 11.3 Å². The molecule has 2 unspecified atom stereocenters. The van der Waals surface area contributed by atoms with E-state index in [1.807, 2.05) is 11.3 Å². The van der Waals surface area contributed by atoms with Crippen LogP contribution in [-0.2, 0) is 6.42 Å². The Morgan fingerprint density at radius 3 is 2.76 bits per heavy atom. The molecule has 1 heterocycles. The monoisotopic (exact) mass is 303 g/mol. The van der Waals surface area contributed by atoms with Gasteiger partial charge >= 0.3 is 0 Å². The van der Waals surface area contributed by atoms with Crippen molar-refractivity contribution in [2.45, 2.75) is 84.4 Å². The maximum absolute atomic E-state index is 5.86. The summed E-state index contributed by atoms with van der Waals surface area (Å²) in [4.78, 5) is 5.90. The van der Waals surface area contributed by atoms with Crippen LogP contribution in [0.25, 0.3) is 0 Å². The number of rotatable bonds is 4. The van der Waals surface area contributed by atoms with Gasteiger partial charge < -0.3 is 0 Å². The van der Waals surface area contributed by atoms with Crippen molar-refractivity contribution in [3.63, 3.8) is 0 Å². The Morgan fingerprint density at radius 1 is 1.24 bits per heavy atom. The third-order valence-corrected chi connectivity index (χ3v) is 6.14. The number of aromatic nitrogens is 1. The minimum absolute atomic E-state index is 0.480. The summed E-state index contributed by atoms with van der Waals surface area (Å²) in [6.07, 6.45) is 16.5. The highest BCUT2D eigenvalue weighted by atomic mass is 32.1. The number of hydrogen-bond donors (Lipinski definition) is 0. The molecule has 1 aromatic heterocycles. The van der Waals surface area contributed by atoms with Crippen molar-refractivity contribution >= 4 is 19.2 Å². The summed E-state index contributed by atoms with van der Waals surface area (Å²) >= 11 is 1.88. The van der Waals surface area contributed by atoms with Gasteiger partial charge in [-0.1, -0.05) is 51.8 Å². The first-order chi connectivity index (χ1) is 10.1. The Kier molecular flexibility index (Phi) is 6.79. The Bertz CT molecular complexity index is 417. The average molecular weight is 303 g/mol. The number of thiazole rings is 1. The average Bonchev–Trinajstić information content (AvgIpc) is 2.85. The second-order valence-electron chi connectivity index (χ2n) is 7.26. The molecule has 0 amide bonds. The zero-order chi connectivity index (χ0) is 15.1. The van der Waals surface area contributed by atoms with Crippen molar-refractivity contribution < 1.29 is 0 Å². The van der Waals surface area contributed by atoms with Crippen LogP contribution in [-0.4, -0.2) is 12.8 Å². The number of nitrogens with zero attached hydrogens (tertiary/aromatic N) is 1. The van der Waals surface area contributed by atoms with Crippen LogP contribution < -0.4 is 0 Å². The van der Waals surface area contributed by atoms with Gasteiger partial charge in [-0.05, 0) is 43.9 Å². The highest BCUT2D eigenvalue weighted by Gasteiger charge is 2.25. The van der Waals surface area contributed by atoms with Gasteiger partial charge in [0.1, 0.15) is 0 Å². The molecule has 21 heavy (non-hydrogen) atoms. The van der Waals surface area contributed by atoms with E-state index in [0.717, 1.165) is 12.2 Å². The molecule has 0 saturated heterocycles. The molecule has 1 aromatic rings. The van der Waals surface area contributed by atoms with Gasteiger partial charge in [-0.3, -0.25) is 0 Å². The molecular formula is C18H30BNS. The summed E-state index contributed by atoms with van der Waals surface area (Å²) in [7, 11) is 5.86. The largest absolute Gasteiger partial charge is 0.250 e. The minimum Gasteiger partial charge on any atom is -0.250 e. The standard InChI is InChI=1S/C18H30BNS/c1-15-20-14-17(21-15)13-16-7-5-3-4-6-9-18(2,10-8-16)11-12-19/h14,16H,3-13H2,1-2H3. The third-order valence-electron chi connectivity index (χ3n) is 5.21. The Morgan fingerprint density at radius 2 is 2.05 bits per heavy atom. The highest BCUT2D eigenvalue weighted by molar-refractivity contribution is 7.11. The molecule has 0 spiro atoms. The molecule has 1 nitrogen and oxygen atoms in total. The van der Waals surface area contributed by atoms with Crippen LogP contribution in [0.15, 0.2) is 6.20 Å². The molecule has 1 aliphatic rings. The van der Waals surface area contributed by atoms with Crippen molar-refractivity contribution in [2.75, 3.05) is 0 Å². The first-order valence-corrected chi connectivity index (χ1v) is 9.54. The van der Waals surface area contributed by atoms with Gasteiger partial charge in [-0.15, -0.1) is 11.3 Å². The van der Waals surface area contributed by atoms with E-state index in [1.54, 1.807) is 0 Å². The van der Waals surface area contributed by atoms with Gasteiger partial charge in [0, 0.05) is 11.1 Å². The molecule has 116 valence electrons. The molecule has 0 aliphatic heterocycles. The van der Waals surface area contributed by atoms with E-state index in [1.165, 1.54) is 74.1 Å². The molecule has 0 bridgehead atoms. The zero-order valence-corrected chi connectivity index (χ0v) is 14.7. The van der Waals surface area contributed by atoms with E-state index >= 15 is 0 Å². The van der Waals surface area contributed by atoms with Crippen molar-refractivity contribution in [3.8, 4) is 0 Å². The zero-order valence-electron chi connectivity index (χ0n) is 13.9. The van der Waals surface area contributed by atoms with Gasteiger partial charge in [0.05, 0.1) is 12.9 Å². The lowest BCUT2D eigenvalue weighted by molar-refractivity contribution is 0.214. The Labute approximate surface area is 136 Å². The Balaban J connectivity index is 1.95. The van der Waals surface area contributed by atoms with Crippen molar-refractivity contribution in [1.29, 1.82) is 0 Å². The van der Waals surface area contributed by atoms with E-state index in [2.05, 4.69) is 25.0 Å². The van der Waals surface area contributed by atoms with Gasteiger partial charge in [-0.2, -0.15) is 0 Å². The van der Waals surface area contributed by atoms with E-state index in [9.17, 15) is 0 Å². The fourth-order valence-electron chi connectivity index (χ4n) is 3.75. The summed E-state index contributed by atoms with van der Waals surface area (Å²) in [5, 5.41) is 1.21. The topological polar surface area (TPSA) is 12.9 Å². The molecule has 2 radical (unpaired) electrons. The maximum Gasteiger partial charge on any atom is 0.0896 e. The first-order valence-electron chi connectivity index (χ1n) is 8.73. The molecule has 0 N–H and O–H groups in total. The summed E-state index contributed by atoms with van der Waals surface area (Å²) in [6.45, 7) is 4.58. The first kappa shape index (κ1) is 17.1. The second-order valence-corrected chi connectivity index (χ2v) is 8.58. The summed E-state index contributed by atoms with van der Waals surface area (Å²) in [6, 6.07) is 0. The predicted molar refractivity (Wildman–Crippen MR) is 94.3 cm³/mol. The van der Waals surface area contributed by atoms with Gasteiger partial charge in [-0.25, -0.2) is 4.98 Å². The van der Waals surface area contributed by atoms with Crippen LogP contribution >= 0.6 is 11.3 Å². The summed E-state index contributed by atoms with van der Waals surface area (Å²) in [5.41, 5.74) is 0.480. The lowest BCUT2D eigenvalue weighted by atomic mass is 9.71. The molecule has 3 heteroatoms. The fourth-order valence-corrected chi connectivity index (χ4v) is 4.66. The quantitative estimate of drug-likeness (QED) is 0.647. The van der Waals surface area contributed by atoms with E-state index < -0.39 is 0 Å². The summed E-state index contributed by atoms with van der Waals surface area (Å²) in [5.74, 6) is 0.847. The van der Waals surface area contributed by atoms with E-state index in [-0.39, 0.29) is 0 Å². The molecule has 1 aliphatic carbocycles. The number of hydrogen-bond acceptors (Lipinski definition) is 2. The SMILES string of the molecule is [B]CCC1(C)CCCCCCC(Cc2cnc(C)s2)CC1. The van der Waals surface area contributed by atoms with Crippen LogP contribution in [0.3, 0.4) is 0 Å². The lowest BCUT2D eigenvalue weighted by Gasteiger charge is -2.32. The lowest BCUT2D eigenvalue weighted by Crippen LogP contribution is -2.19. The smallest absolute Gasteiger partial charge is 0.0896 e. The van der Waals surface area contributed by atoms with Crippen LogP contribution in [0, 0.1) is 18.3 Å². The van der Waals surface area contributed by atoms with Crippen molar-refractivity contribution in [3.05, 3.63) is 16.1 Å². The molecule has 2 rings (SSSR count). The molecule has 0 aromatic carbocycles. The van der Waals surface area contributed by atoms with Crippen LogP contribution in [0.4, 0.5) is 0 Å². The fraction of sp³-hybridized carbons (Fsp3) is 0.833.